The number of nitrogens with one attached hydrogen (secondary N) is 1. The fraction of sp³-hybridized carbons (Fsp3) is 0.368. The third-order valence-corrected chi connectivity index (χ3v) is 6.31. The molecule has 0 aliphatic heterocycles. The summed E-state index contributed by atoms with van der Waals surface area (Å²) in [5, 5.41) is 0.872. The van der Waals surface area contributed by atoms with E-state index >= 15 is 0 Å². The Morgan fingerprint density at radius 3 is 3.04 bits per heavy atom. The molecule has 0 fully saturated rings. The van der Waals surface area contributed by atoms with Crippen molar-refractivity contribution in [2.75, 3.05) is 0 Å². The second kappa shape index (κ2) is 6.65. The minimum atomic E-state index is 0.0666. The van der Waals surface area contributed by atoms with Crippen molar-refractivity contribution in [1.29, 1.82) is 0 Å². The molecule has 5 heteroatoms. The average Bonchev–Trinajstić information content (AvgIpc) is 2.97. The third kappa shape index (κ3) is 2.87. The van der Waals surface area contributed by atoms with Gasteiger partial charge in [-0.25, -0.2) is 0 Å². The van der Waals surface area contributed by atoms with Crippen LogP contribution in [0.2, 0.25) is 0 Å². The highest BCUT2D eigenvalue weighted by atomic mass is 32.1. The second-order valence-electron chi connectivity index (χ2n) is 6.40. The lowest BCUT2D eigenvalue weighted by atomic mass is 9.97. The van der Waals surface area contributed by atoms with Crippen molar-refractivity contribution in [3.63, 3.8) is 0 Å². The number of rotatable bonds is 3. The fourth-order valence-corrected chi connectivity index (χ4v) is 5.13. The number of aromatic amines is 1. The van der Waals surface area contributed by atoms with Crippen molar-refractivity contribution >= 4 is 33.8 Å². The van der Waals surface area contributed by atoms with E-state index in [-0.39, 0.29) is 5.56 Å². The fourth-order valence-electron chi connectivity index (χ4n) is 3.52. The summed E-state index contributed by atoms with van der Waals surface area (Å²) >= 11 is 7.15. The van der Waals surface area contributed by atoms with Gasteiger partial charge in [0, 0.05) is 11.4 Å². The van der Waals surface area contributed by atoms with Crippen LogP contribution in [0.3, 0.4) is 0 Å². The summed E-state index contributed by atoms with van der Waals surface area (Å²) in [6, 6.07) is 0. The Morgan fingerprint density at radius 2 is 2.21 bits per heavy atom. The maximum atomic E-state index is 13.0. The molecule has 0 spiro atoms. The van der Waals surface area contributed by atoms with Crippen LogP contribution in [0, 0.1) is 10.7 Å². The van der Waals surface area contributed by atoms with Crippen LogP contribution in [-0.2, 0) is 19.4 Å². The maximum Gasteiger partial charge on any atom is 0.263 e. The van der Waals surface area contributed by atoms with E-state index in [0.717, 1.165) is 29.5 Å². The predicted molar refractivity (Wildman–Crippen MR) is 103 cm³/mol. The minimum absolute atomic E-state index is 0.0666. The lowest BCUT2D eigenvalue weighted by molar-refractivity contribution is 0.697. The zero-order valence-corrected chi connectivity index (χ0v) is 15.1. The van der Waals surface area contributed by atoms with Crippen LogP contribution in [0.25, 0.3) is 10.2 Å². The molecular weight excluding hydrogens is 336 g/mol. The van der Waals surface area contributed by atoms with Crippen LogP contribution in [0.1, 0.15) is 29.7 Å². The molecule has 1 atom stereocenters. The van der Waals surface area contributed by atoms with E-state index < -0.39 is 0 Å². The molecule has 3 nitrogen and oxygen atoms in total. The molecule has 2 aliphatic rings. The van der Waals surface area contributed by atoms with Gasteiger partial charge in [-0.1, -0.05) is 36.5 Å². The van der Waals surface area contributed by atoms with E-state index in [4.69, 9.17) is 12.2 Å². The van der Waals surface area contributed by atoms with Crippen LogP contribution in [-0.4, -0.2) is 9.55 Å². The van der Waals surface area contributed by atoms with Crippen LogP contribution in [0.4, 0.5) is 0 Å². The van der Waals surface area contributed by atoms with Crippen LogP contribution in [0.5, 0.6) is 0 Å². The number of hydrogen-bond donors (Lipinski definition) is 1. The van der Waals surface area contributed by atoms with Crippen LogP contribution in [0.15, 0.2) is 41.3 Å². The quantitative estimate of drug-likeness (QED) is 0.640. The first kappa shape index (κ1) is 15.8. The number of aryl methyl sites for hydroxylation is 2. The zero-order valence-electron chi connectivity index (χ0n) is 13.5. The lowest BCUT2D eigenvalue weighted by Gasteiger charge is -2.10. The van der Waals surface area contributed by atoms with Gasteiger partial charge in [0.2, 0.25) is 0 Å². The van der Waals surface area contributed by atoms with Crippen molar-refractivity contribution in [3.05, 3.63) is 62.0 Å². The highest BCUT2D eigenvalue weighted by Crippen LogP contribution is 2.33. The molecule has 0 saturated heterocycles. The van der Waals surface area contributed by atoms with Gasteiger partial charge in [-0.15, -0.1) is 11.3 Å². The maximum absolute atomic E-state index is 13.0. The molecule has 0 amide bonds. The zero-order chi connectivity index (χ0) is 16.5. The van der Waals surface area contributed by atoms with Gasteiger partial charge in [-0.05, 0) is 55.8 Å². The summed E-state index contributed by atoms with van der Waals surface area (Å²) in [6.45, 7) is 0.531. The summed E-state index contributed by atoms with van der Waals surface area (Å²) in [7, 11) is 0. The topological polar surface area (TPSA) is 37.8 Å². The molecule has 2 heterocycles. The predicted octanol–water partition coefficient (Wildman–Crippen LogP) is 4.69. The van der Waals surface area contributed by atoms with E-state index in [1.807, 2.05) is 0 Å². The first-order valence-electron chi connectivity index (χ1n) is 8.51. The number of hydrogen-bond acceptors (Lipinski definition) is 3. The molecule has 2 aromatic rings. The Hall–Kier alpha value is -1.72. The molecule has 2 aromatic heterocycles. The van der Waals surface area contributed by atoms with Crippen molar-refractivity contribution in [2.24, 2.45) is 5.92 Å². The normalized spacial score (nSPS) is 20.1. The number of thiophene rings is 1. The van der Waals surface area contributed by atoms with Gasteiger partial charge in [0.15, 0.2) is 4.77 Å². The van der Waals surface area contributed by atoms with Crippen LogP contribution < -0.4 is 5.56 Å². The number of fused-ring (bicyclic) bond motifs is 3. The lowest BCUT2D eigenvalue weighted by Crippen LogP contribution is -2.22. The molecule has 0 unspecified atom stereocenters. The second-order valence-corrected chi connectivity index (χ2v) is 7.89. The Balaban J connectivity index is 1.69. The highest BCUT2D eigenvalue weighted by molar-refractivity contribution is 7.71. The van der Waals surface area contributed by atoms with Gasteiger partial charge in [-0.3, -0.25) is 9.36 Å². The Morgan fingerprint density at radius 1 is 1.33 bits per heavy atom. The smallest absolute Gasteiger partial charge is 0.263 e. The van der Waals surface area contributed by atoms with Gasteiger partial charge in [-0.2, -0.15) is 0 Å². The Labute approximate surface area is 150 Å². The van der Waals surface area contributed by atoms with E-state index in [0.29, 0.717) is 17.2 Å². The Bertz CT molecular complexity index is 972. The van der Waals surface area contributed by atoms with E-state index in [1.165, 1.54) is 23.3 Å². The average molecular weight is 357 g/mol. The highest BCUT2D eigenvalue weighted by Gasteiger charge is 2.19. The minimum Gasteiger partial charge on any atom is -0.323 e. The summed E-state index contributed by atoms with van der Waals surface area (Å²) < 4.78 is 2.22. The van der Waals surface area contributed by atoms with Gasteiger partial charge >= 0.3 is 0 Å². The molecule has 0 aromatic carbocycles. The molecule has 1 N–H and O–H groups in total. The molecule has 4 rings (SSSR count). The number of nitrogens with zero attached hydrogens (tertiary/aromatic N) is 1. The van der Waals surface area contributed by atoms with Crippen molar-refractivity contribution < 1.29 is 0 Å². The van der Waals surface area contributed by atoms with E-state index in [9.17, 15) is 4.79 Å². The number of allylic oxidation sites excluding steroid dienone is 6. The molecule has 24 heavy (non-hydrogen) atoms. The molecule has 2 aliphatic carbocycles. The molecular formula is C19H20N2OS2. The Kier molecular flexibility index (Phi) is 4.37. The molecule has 0 bridgehead atoms. The van der Waals surface area contributed by atoms with Crippen molar-refractivity contribution in [2.45, 2.75) is 38.6 Å². The van der Waals surface area contributed by atoms with Crippen LogP contribution >= 0.6 is 23.6 Å². The van der Waals surface area contributed by atoms with Gasteiger partial charge < -0.3 is 4.98 Å². The number of aromatic nitrogens is 2. The van der Waals surface area contributed by atoms with E-state index in [2.05, 4.69) is 41.4 Å². The van der Waals surface area contributed by atoms with Gasteiger partial charge in [0.1, 0.15) is 4.83 Å². The largest absolute Gasteiger partial charge is 0.323 e. The summed E-state index contributed by atoms with van der Waals surface area (Å²) in [5.41, 5.74) is 1.33. The molecule has 0 radical (unpaired) electrons. The monoisotopic (exact) mass is 356 g/mol. The third-order valence-electron chi connectivity index (χ3n) is 4.78. The van der Waals surface area contributed by atoms with E-state index in [1.54, 1.807) is 15.9 Å². The standard InChI is InChI=1S/C19H20N2OS2/c22-18-16-14-10-4-5-11-15(14)24-17(16)20-19(23)21(18)12-6-9-13-7-2-1-3-8-13/h1-3,6-7,9,13H,4-5,8,10-12H2,(H,20,23)/t13-/m1/s1. The molecule has 124 valence electrons. The summed E-state index contributed by atoms with van der Waals surface area (Å²) in [6.07, 6.45) is 18.2. The first-order chi connectivity index (χ1) is 11.7. The first-order valence-corrected chi connectivity index (χ1v) is 9.74. The van der Waals surface area contributed by atoms with Gasteiger partial charge in [0.25, 0.3) is 5.56 Å². The SMILES string of the molecule is O=c1c2c3c(sc2[nH]c(=S)n1CC=C[C@@H]1C=CC=CC1)CCCC3. The summed E-state index contributed by atoms with van der Waals surface area (Å²) in [5.74, 6) is 0.417. The number of H-pyrrole nitrogens is 1. The van der Waals surface area contributed by atoms with Crippen molar-refractivity contribution in [1.82, 2.24) is 9.55 Å². The van der Waals surface area contributed by atoms with Crippen molar-refractivity contribution in [3.8, 4) is 0 Å². The molecule has 0 saturated carbocycles. The van der Waals surface area contributed by atoms with Gasteiger partial charge in [0.05, 0.1) is 5.39 Å². The summed E-state index contributed by atoms with van der Waals surface area (Å²) in [4.78, 5) is 18.6.